The third kappa shape index (κ3) is 4.34. The van der Waals surface area contributed by atoms with Crippen molar-refractivity contribution in [3.63, 3.8) is 0 Å². The molecule has 4 aromatic rings. The molecule has 1 N–H and O–H groups in total. The molecule has 2 heterocycles. The van der Waals surface area contributed by atoms with E-state index in [1.807, 2.05) is 60.8 Å². The number of carbonyl (C=O) groups is 3. The van der Waals surface area contributed by atoms with Crippen LogP contribution in [0.25, 0.3) is 17.0 Å². The highest BCUT2D eigenvalue weighted by atomic mass is 16.5. The molecule has 9 heteroatoms. The van der Waals surface area contributed by atoms with Gasteiger partial charge in [0.05, 0.1) is 27.0 Å². The van der Waals surface area contributed by atoms with Crippen LogP contribution in [-0.2, 0) is 16.1 Å². The molecule has 1 aromatic heterocycles. The van der Waals surface area contributed by atoms with Gasteiger partial charge in [-0.3, -0.25) is 14.9 Å². The molecule has 5 rings (SSSR count). The van der Waals surface area contributed by atoms with Gasteiger partial charge in [0, 0.05) is 41.3 Å². The number of carbonyl (C=O) groups excluding carboxylic acids is 3. The minimum absolute atomic E-state index is 0.159. The maximum Gasteiger partial charge on any atom is 0.335 e. The Bertz CT molecular complexity index is 1560. The van der Waals surface area contributed by atoms with Crippen molar-refractivity contribution in [1.82, 2.24) is 9.88 Å². The Labute approximate surface area is 218 Å². The molecule has 1 aliphatic heterocycles. The molecule has 1 aliphatic rings. The number of ether oxygens (including phenoxy) is 3. The number of hydrogen-bond donors (Lipinski definition) is 1. The molecule has 0 unspecified atom stereocenters. The Morgan fingerprint density at radius 2 is 1.50 bits per heavy atom. The summed E-state index contributed by atoms with van der Waals surface area (Å²) in [6.07, 6.45) is 3.41. The molecule has 0 radical (unpaired) electrons. The quantitative estimate of drug-likeness (QED) is 0.292. The van der Waals surface area contributed by atoms with Crippen molar-refractivity contribution in [2.24, 2.45) is 0 Å². The summed E-state index contributed by atoms with van der Waals surface area (Å²) in [4.78, 5) is 40.1. The zero-order chi connectivity index (χ0) is 26.8. The van der Waals surface area contributed by atoms with Gasteiger partial charge in [-0.2, -0.15) is 0 Å². The van der Waals surface area contributed by atoms with Crippen molar-refractivity contribution in [3.8, 4) is 17.2 Å². The van der Waals surface area contributed by atoms with Gasteiger partial charge in [-0.25, -0.2) is 9.69 Å². The number of para-hydroxylation sites is 1. The second kappa shape index (κ2) is 10.1. The number of amides is 4. The van der Waals surface area contributed by atoms with Gasteiger partial charge in [-0.1, -0.05) is 48.5 Å². The van der Waals surface area contributed by atoms with Gasteiger partial charge in [0.15, 0.2) is 11.5 Å². The van der Waals surface area contributed by atoms with Crippen LogP contribution in [0.2, 0.25) is 0 Å². The Kier molecular flexibility index (Phi) is 6.57. The van der Waals surface area contributed by atoms with Crippen molar-refractivity contribution in [3.05, 3.63) is 89.6 Å². The SMILES string of the molecule is COc1cc(N2C(=O)NC(=O)C(=Cc3cn(Cc4ccccc4)c4ccccc34)C2=O)cc(OC)c1OC. The van der Waals surface area contributed by atoms with Gasteiger partial charge < -0.3 is 18.8 Å². The third-order valence-corrected chi connectivity index (χ3v) is 6.32. The summed E-state index contributed by atoms with van der Waals surface area (Å²) in [5.74, 6) is -0.721. The topological polar surface area (TPSA) is 99.1 Å². The fourth-order valence-corrected chi connectivity index (χ4v) is 4.54. The molecular formula is C29H25N3O6. The van der Waals surface area contributed by atoms with E-state index in [4.69, 9.17) is 14.2 Å². The number of imide groups is 2. The fourth-order valence-electron chi connectivity index (χ4n) is 4.54. The number of aromatic nitrogens is 1. The van der Waals surface area contributed by atoms with Crippen LogP contribution in [0.15, 0.2) is 78.5 Å². The zero-order valence-corrected chi connectivity index (χ0v) is 21.1. The highest BCUT2D eigenvalue weighted by Gasteiger charge is 2.38. The lowest BCUT2D eigenvalue weighted by Gasteiger charge is -2.27. The molecule has 38 heavy (non-hydrogen) atoms. The van der Waals surface area contributed by atoms with Gasteiger partial charge in [0.2, 0.25) is 5.75 Å². The van der Waals surface area contributed by atoms with E-state index >= 15 is 0 Å². The summed E-state index contributed by atoms with van der Waals surface area (Å²) in [6.45, 7) is 0.612. The summed E-state index contributed by atoms with van der Waals surface area (Å²) in [5.41, 5.74) is 2.71. The number of urea groups is 1. The first-order valence-corrected chi connectivity index (χ1v) is 11.8. The van der Waals surface area contributed by atoms with E-state index in [2.05, 4.69) is 9.88 Å². The summed E-state index contributed by atoms with van der Waals surface area (Å²) in [7, 11) is 4.31. The van der Waals surface area contributed by atoms with Crippen molar-refractivity contribution >= 4 is 40.5 Å². The van der Waals surface area contributed by atoms with Crippen LogP contribution in [0.1, 0.15) is 11.1 Å². The van der Waals surface area contributed by atoms with E-state index in [-0.39, 0.29) is 22.8 Å². The van der Waals surface area contributed by atoms with E-state index in [0.29, 0.717) is 17.9 Å². The number of benzene rings is 3. The van der Waals surface area contributed by atoms with E-state index < -0.39 is 17.8 Å². The Morgan fingerprint density at radius 3 is 2.16 bits per heavy atom. The van der Waals surface area contributed by atoms with Crippen molar-refractivity contribution < 1.29 is 28.6 Å². The number of nitrogens with one attached hydrogen (secondary N) is 1. The van der Waals surface area contributed by atoms with Crippen molar-refractivity contribution in [1.29, 1.82) is 0 Å². The van der Waals surface area contributed by atoms with E-state index in [0.717, 1.165) is 21.4 Å². The average molecular weight is 512 g/mol. The first-order chi connectivity index (χ1) is 18.4. The molecule has 4 amide bonds. The second-order valence-corrected chi connectivity index (χ2v) is 8.56. The first-order valence-electron chi connectivity index (χ1n) is 11.8. The predicted molar refractivity (Wildman–Crippen MR) is 143 cm³/mol. The molecular weight excluding hydrogens is 486 g/mol. The summed E-state index contributed by atoms with van der Waals surface area (Å²) >= 11 is 0. The molecule has 0 bridgehead atoms. The highest BCUT2D eigenvalue weighted by molar-refractivity contribution is 6.39. The second-order valence-electron chi connectivity index (χ2n) is 8.56. The van der Waals surface area contributed by atoms with Gasteiger partial charge >= 0.3 is 6.03 Å². The normalized spacial score (nSPS) is 14.7. The third-order valence-electron chi connectivity index (χ3n) is 6.32. The van der Waals surface area contributed by atoms with Crippen molar-refractivity contribution in [2.75, 3.05) is 26.2 Å². The average Bonchev–Trinajstić information content (AvgIpc) is 3.27. The summed E-state index contributed by atoms with van der Waals surface area (Å²) in [6, 6.07) is 19.8. The lowest BCUT2D eigenvalue weighted by atomic mass is 10.1. The molecule has 0 saturated carbocycles. The first kappa shape index (κ1) is 24.6. The number of barbiturate groups is 1. The van der Waals surface area contributed by atoms with Gasteiger partial charge in [-0.05, 0) is 17.7 Å². The van der Waals surface area contributed by atoms with Crippen LogP contribution >= 0.6 is 0 Å². The van der Waals surface area contributed by atoms with Crippen LogP contribution < -0.4 is 24.4 Å². The number of fused-ring (bicyclic) bond motifs is 1. The van der Waals surface area contributed by atoms with E-state index in [9.17, 15) is 14.4 Å². The van der Waals surface area contributed by atoms with Gasteiger partial charge in [-0.15, -0.1) is 0 Å². The van der Waals surface area contributed by atoms with Crippen LogP contribution in [-0.4, -0.2) is 43.7 Å². The molecule has 1 saturated heterocycles. The lowest BCUT2D eigenvalue weighted by molar-refractivity contribution is -0.122. The van der Waals surface area contributed by atoms with E-state index in [1.165, 1.54) is 39.5 Å². The molecule has 0 atom stereocenters. The van der Waals surface area contributed by atoms with Crippen LogP contribution in [0, 0.1) is 0 Å². The molecule has 192 valence electrons. The molecule has 3 aromatic carbocycles. The Hall–Kier alpha value is -5.05. The van der Waals surface area contributed by atoms with Gasteiger partial charge in [0.25, 0.3) is 11.8 Å². The molecule has 9 nitrogen and oxygen atoms in total. The maximum absolute atomic E-state index is 13.6. The zero-order valence-electron chi connectivity index (χ0n) is 21.1. The lowest BCUT2D eigenvalue weighted by Crippen LogP contribution is -2.54. The molecule has 0 spiro atoms. The molecule has 1 fully saturated rings. The number of anilines is 1. The largest absolute Gasteiger partial charge is 0.493 e. The maximum atomic E-state index is 13.6. The monoisotopic (exact) mass is 511 g/mol. The standard InChI is InChI=1S/C29H25N3O6/c1-36-24-14-20(15-25(37-2)26(24)38-3)32-28(34)22(27(33)30-29(32)35)13-19-17-31(16-18-9-5-4-6-10-18)23-12-8-7-11-21(19)23/h4-15,17H,16H2,1-3H3,(H,30,33,35). The number of rotatable bonds is 7. The van der Waals surface area contributed by atoms with E-state index in [1.54, 1.807) is 0 Å². The smallest absolute Gasteiger partial charge is 0.335 e. The summed E-state index contributed by atoms with van der Waals surface area (Å²) < 4.78 is 18.1. The van der Waals surface area contributed by atoms with Crippen LogP contribution in [0.3, 0.4) is 0 Å². The minimum Gasteiger partial charge on any atom is -0.493 e. The van der Waals surface area contributed by atoms with Crippen molar-refractivity contribution in [2.45, 2.75) is 6.54 Å². The Balaban J connectivity index is 1.58. The van der Waals surface area contributed by atoms with Crippen LogP contribution in [0.4, 0.5) is 10.5 Å². The fraction of sp³-hybridized carbons (Fsp3) is 0.138. The summed E-state index contributed by atoms with van der Waals surface area (Å²) in [5, 5.41) is 3.13. The predicted octanol–water partition coefficient (Wildman–Crippen LogP) is 4.38. The number of nitrogens with zero attached hydrogens (tertiary/aromatic N) is 2. The van der Waals surface area contributed by atoms with Gasteiger partial charge in [0.1, 0.15) is 5.57 Å². The Morgan fingerprint density at radius 1 is 0.842 bits per heavy atom. The number of methoxy groups -OCH3 is 3. The molecule has 0 aliphatic carbocycles. The highest BCUT2D eigenvalue weighted by Crippen LogP contribution is 2.41. The number of hydrogen-bond acceptors (Lipinski definition) is 6. The van der Waals surface area contributed by atoms with Crippen LogP contribution in [0.5, 0.6) is 17.2 Å². The minimum atomic E-state index is -0.877.